The molecule has 1 heterocycles. The third-order valence-electron chi connectivity index (χ3n) is 2.74. The molecule has 0 spiro atoms. The van der Waals surface area contributed by atoms with E-state index in [1.807, 2.05) is 0 Å². The Labute approximate surface area is 73.9 Å². The Morgan fingerprint density at radius 2 is 2.25 bits per heavy atom. The van der Waals surface area contributed by atoms with Crippen LogP contribution in [0.2, 0.25) is 0 Å². The molecule has 2 aliphatic rings. The van der Waals surface area contributed by atoms with Gasteiger partial charge in [0.1, 0.15) is 6.54 Å². The van der Waals surface area contributed by atoms with Gasteiger partial charge in [-0.1, -0.05) is 12.2 Å². The lowest BCUT2D eigenvalue weighted by atomic mass is 9.94. The molecule has 2 rings (SSSR count). The van der Waals surface area contributed by atoms with E-state index in [-0.39, 0.29) is 0 Å². The van der Waals surface area contributed by atoms with E-state index in [9.17, 15) is 0 Å². The molecule has 0 bridgehead atoms. The highest BCUT2D eigenvalue weighted by Gasteiger charge is 2.18. The van der Waals surface area contributed by atoms with E-state index < -0.39 is 0 Å². The topological polar surface area (TPSA) is 14.0 Å². The van der Waals surface area contributed by atoms with Crippen LogP contribution >= 0.6 is 0 Å². The third kappa shape index (κ3) is 1.36. The molecular formula is C11H16N+. The summed E-state index contributed by atoms with van der Waals surface area (Å²) in [4.78, 5) is 3.39. The molecule has 1 aliphatic heterocycles. The van der Waals surface area contributed by atoms with Crippen LogP contribution in [-0.2, 0) is 0 Å². The molecule has 0 amide bonds. The highest BCUT2D eigenvalue weighted by atomic mass is 14.8. The number of hydrogen-bond donors (Lipinski definition) is 1. The van der Waals surface area contributed by atoms with Crippen molar-refractivity contribution in [2.75, 3.05) is 6.54 Å². The lowest BCUT2D eigenvalue weighted by Gasteiger charge is -2.08. The van der Waals surface area contributed by atoms with Crippen molar-refractivity contribution in [3.8, 4) is 0 Å². The van der Waals surface area contributed by atoms with Crippen LogP contribution in [0.25, 0.3) is 0 Å². The van der Waals surface area contributed by atoms with Crippen LogP contribution in [0.15, 0.2) is 23.3 Å². The van der Waals surface area contributed by atoms with E-state index in [4.69, 9.17) is 0 Å². The summed E-state index contributed by atoms with van der Waals surface area (Å²) in [5, 5.41) is 0. The second-order valence-corrected chi connectivity index (χ2v) is 3.60. The predicted molar refractivity (Wildman–Crippen MR) is 51.1 cm³/mol. The third-order valence-corrected chi connectivity index (χ3v) is 2.74. The fraction of sp³-hybridized carbons (Fsp3) is 0.545. The highest BCUT2D eigenvalue weighted by Crippen LogP contribution is 2.22. The van der Waals surface area contributed by atoms with E-state index in [0.717, 1.165) is 6.54 Å². The Kier molecular flexibility index (Phi) is 2.11. The van der Waals surface area contributed by atoms with E-state index in [1.54, 1.807) is 11.1 Å². The molecule has 0 aromatic rings. The lowest BCUT2D eigenvalue weighted by Crippen LogP contribution is -2.68. The summed E-state index contributed by atoms with van der Waals surface area (Å²) < 4.78 is 0. The van der Waals surface area contributed by atoms with E-state index in [1.165, 1.54) is 31.4 Å². The molecule has 0 saturated carbocycles. The number of allylic oxidation sites excluding steroid dienone is 3. The van der Waals surface area contributed by atoms with Crippen molar-refractivity contribution in [1.82, 2.24) is 0 Å². The molecule has 1 N–H and O–H groups in total. The quantitative estimate of drug-likeness (QED) is 0.545. The van der Waals surface area contributed by atoms with Gasteiger partial charge in [-0.05, 0) is 24.8 Å². The molecule has 0 saturated heterocycles. The summed E-state index contributed by atoms with van der Waals surface area (Å²) in [7, 11) is 0. The van der Waals surface area contributed by atoms with Crippen LogP contribution < -0.4 is 4.99 Å². The fourth-order valence-corrected chi connectivity index (χ4v) is 2.04. The van der Waals surface area contributed by atoms with Gasteiger partial charge in [-0.15, -0.1) is 0 Å². The molecular weight excluding hydrogens is 146 g/mol. The fourth-order valence-electron chi connectivity index (χ4n) is 2.04. The SMILES string of the molecule is CC1=[NH+]CC/C1=C1\C=CCCC1. The highest BCUT2D eigenvalue weighted by molar-refractivity contribution is 5.95. The van der Waals surface area contributed by atoms with Crippen molar-refractivity contribution in [3.63, 3.8) is 0 Å². The first kappa shape index (κ1) is 7.78. The van der Waals surface area contributed by atoms with Gasteiger partial charge in [0.2, 0.25) is 0 Å². The maximum atomic E-state index is 3.39. The van der Waals surface area contributed by atoms with Crippen LogP contribution in [0.4, 0.5) is 0 Å². The van der Waals surface area contributed by atoms with Crippen molar-refractivity contribution in [3.05, 3.63) is 23.3 Å². The maximum Gasteiger partial charge on any atom is 0.174 e. The normalized spacial score (nSPS) is 29.2. The Hall–Kier alpha value is -0.850. The van der Waals surface area contributed by atoms with Crippen molar-refractivity contribution >= 4 is 5.71 Å². The minimum Gasteiger partial charge on any atom is -0.245 e. The molecule has 0 fully saturated rings. The molecule has 1 aliphatic carbocycles. The first-order valence-corrected chi connectivity index (χ1v) is 4.84. The molecule has 0 unspecified atom stereocenters. The zero-order chi connectivity index (χ0) is 8.39. The second kappa shape index (κ2) is 3.26. The Balaban J connectivity index is 2.29. The predicted octanol–water partition coefficient (Wildman–Crippen LogP) is 0.968. The van der Waals surface area contributed by atoms with Gasteiger partial charge in [0.15, 0.2) is 5.71 Å². The summed E-state index contributed by atoms with van der Waals surface area (Å²) in [6.45, 7) is 3.33. The molecule has 64 valence electrons. The average Bonchev–Trinajstić information content (AvgIpc) is 2.53. The standard InChI is InChI=1S/C11H15N/c1-9-11(7-8-12-9)10-5-3-2-4-6-10/h3,5H,2,4,6-8H2,1H3/p+1/b11-10-. The summed E-state index contributed by atoms with van der Waals surface area (Å²) >= 11 is 0. The van der Waals surface area contributed by atoms with Crippen LogP contribution in [0.1, 0.15) is 32.6 Å². The molecule has 0 aromatic heterocycles. The first-order chi connectivity index (χ1) is 5.88. The maximum absolute atomic E-state index is 3.39. The summed E-state index contributed by atoms with van der Waals surface area (Å²) in [6.07, 6.45) is 9.73. The number of rotatable bonds is 0. The number of hydrogen-bond acceptors (Lipinski definition) is 0. The summed E-state index contributed by atoms with van der Waals surface area (Å²) in [6, 6.07) is 0. The Morgan fingerprint density at radius 3 is 2.83 bits per heavy atom. The van der Waals surface area contributed by atoms with Crippen molar-refractivity contribution in [2.45, 2.75) is 32.6 Å². The molecule has 1 nitrogen and oxygen atoms in total. The van der Waals surface area contributed by atoms with Crippen molar-refractivity contribution in [1.29, 1.82) is 0 Å². The second-order valence-electron chi connectivity index (χ2n) is 3.60. The van der Waals surface area contributed by atoms with Gasteiger partial charge in [0.05, 0.1) is 0 Å². The van der Waals surface area contributed by atoms with E-state index in [0.29, 0.717) is 0 Å². The zero-order valence-corrected chi connectivity index (χ0v) is 7.69. The molecule has 0 radical (unpaired) electrons. The minimum absolute atomic E-state index is 1.14. The Bertz CT molecular complexity index is 269. The molecule has 0 atom stereocenters. The van der Waals surface area contributed by atoms with Crippen LogP contribution in [0.3, 0.4) is 0 Å². The monoisotopic (exact) mass is 162 g/mol. The zero-order valence-electron chi connectivity index (χ0n) is 7.69. The lowest BCUT2D eigenvalue weighted by molar-refractivity contribution is -0.447. The van der Waals surface area contributed by atoms with E-state index >= 15 is 0 Å². The van der Waals surface area contributed by atoms with Crippen LogP contribution in [0, 0.1) is 0 Å². The average molecular weight is 162 g/mol. The summed E-state index contributed by atoms with van der Waals surface area (Å²) in [5.41, 5.74) is 4.55. The molecule has 12 heavy (non-hydrogen) atoms. The van der Waals surface area contributed by atoms with Gasteiger partial charge in [-0.25, -0.2) is 4.99 Å². The minimum atomic E-state index is 1.14. The van der Waals surface area contributed by atoms with E-state index in [2.05, 4.69) is 24.1 Å². The molecule has 1 heteroatoms. The van der Waals surface area contributed by atoms with Gasteiger partial charge < -0.3 is 0 Å². The van der Waals surface area contributed by atoms with Gasteiger partial charge >= 0.3 is 0 Å². The van der Waals surface area contributed by atoms with Crippen LogP contribution in [-0.4, -0.2) is 12.3 Å². The largest absolute Gasteiger partial charge is 0.245 e. The number of nitrogens with one attached hydrogen (secondary N) is 1. The van der Waals surface area contributed by atoms with Crippen LogP contribution in [0.5, 0.6) is 0 Å². The van der Waals surface area contributed by atoms with Gasteiger partial charge in [-0.3, -0.25) is 0 Å². The van der Waals surface area contributed by atoms with Crippen molar-refractivity contribution < 1.29 is 4.99 Å². The van der Waals surface area contributed by atoms with Crippen molar-refractivity contribution in [2.24, 2.45) is 0 Å². The first-order valence-electron chi connectivity index (χ1n) is 4.84. The smallest absolute Gasteiger partial charge is 0.174 e. The van der Waals surface area contributed by atoms with Gasteiger partial charge in [0.25, 0.3) is 0 Å². The summed E-state index contributed by atoms with van der Waals surface area (Å²) in [5.74, 6) is 0. The molecule has 0 aromatic carbocycles. The Morgan fingerprint density at radius 1 is 1.33 bits per heavy atom. The van der Waals surface area contributed by atoms with Gasteiger partial charge in [0, 0.05) is 18.9 Å². The van der Waals surface area contributed by atoms with Gasteiger partial charge in [-0.2, -0.15) is 0 Å².